The van der Waals surface area contributed by atoms with Gasteiger partial charge in [-0.2, -0.15) is 5.10 Å². The Morgan fingerprint density at radius 2 is 2.00 bits per heavy atom. The Balaban J connectivity index is 1.97. The molecule has 0 spiro atoms. The molecule has 0 saturated heterocycles. The minimum absolute atomic E-state index is 0.190. The number of allylic oxidation sites excluding steroid dienone is 1. The average Bonchev–Trinajstić information content (AvgIpc) is 3.21. The van der Waals surface area contributed by atoms with Gasteiger partial charge in [0.05, 0.1) is 34.6 Å². The lowest BCUT2D eigenvalue weighted by atomic mass is 9.96. The van der Waals surface area contributed by atoms with Gasteiger partial charge >= 0.3 is 5.97 Å². The molecule has 154 valence electrons. The predicted octanol–water partition coefficient (Wildman–Crippen LogP) is 1.84. The van der Waals surface area contributed by atoms with Crippen LogP contribution in [0.5, 0.6) is 0 Å². The SMILES string of the molecule is CCOC(=O)C1=C(C)N=c2sc(=Cc3cnn(C)c3C)c(=O)n2[C@H]1c1ccccc1. The van der Waals surface area contributed by atoms with Crippen LogP contribution >= 0.6 is 11.3 Å². The third-order valence-corrected chi connectivity index (χ3v) is 6.18. The molecule has 0 N–H and O–H groups in total. The lowest BCUT2D eigenvalue weighted by Crippen LogP contribution is -2.39. The quantitative estimate of drug-likeness (QED) is 0.601. The summed E-state index contributed by atoms with van der Waals surface area (Å²) in [5.74, 6) is -0.454. The fourth-order valence-corrected chi connectivity index (χ4v) is 4.58. The third kappa shape index (κ3) is 3.33. The number of fused-ring (bicyclic) bond motifs is 1. The molecule has 0 amide bonds. The summed E-state index contributed by atoms with van der Waals surface area (Å²) in [6.07, 6.45) is 3.56. The van der Waals surface area contributed by atoms with Gasteiger partial charge in [0.15, 0.2) is 4.80 Å². The van der Waals surface area contributed by atoms with Crippen molar-refractivity contribution in [3.63, 3.8) is 0 Å². The van der Waals surface area contributed by atoms with Gasteiger partial charge in [0.25, 0.3) is 5.56 Å². The molecule has 1 atom stereocenters. The van der Waals surface area contributed by atoms with E-state index >= 15 is 0 Å². The predicted molar refractivity (Wildman–Crippen MR) is 115 cm³/mol. The molecule has 0 bridgehead atoms. The van der Waals surface area contributed by atoms with Gasteiger partial charge in [0.1, 0.15) is 0 Å². The van der Waals surface area contributed by atoms with Crippen LogP contribution in [0, 0.1) is 6.92 Å². The van der Waals surface area contributed by atoms with Crippen molar-refractivity contribution in [3.05, 3.63) is 84.3 Å². The van der Waals surface area contributed by atoms with Gasteiger partial charge in [-0.05, 0) is 32.4 Å². The Kier molecular flexibility index (Phi) is 5.26. The van der Waals surface area contributed by atoms with Crippen molar-refractivity contribution in [3.8, 4) is 0 Å². The second-order valence-corrected chi connectivity index (χ2v) is 8.03. The Morgan fingerprint density at radius 1 is 1.27 bits per heavy atom. The summed E-state index contributed by atoms with van der Waals surface area (Å²) in [4.78, 5) is 31.4. The van der Waals surface area contributed by atoms with Crippen LogP contribution in [0.3, 0.4) is 0 Å². The van der Waals surface area contributed by atoms with Crippen molar-refractivity contribution in [2.45, 2.75) is 26.8 Å². The van der Waals surface area contributed by atoms with Crippen LogP contribution in [0.15, 0.2) is 57.6 Å². The summed E-state index contributed by atoms with van der Waals surface area (Å²) >= 11 is 1.31. The number of nitrogens with zero attached hydrogens (tertiary/aromatic N) is 4. The molecule has 7 nitrogen and oxygen atoms in total. The molecule has 0 saturated carbocycles. The molecule has 30 heavy (non-hydrogen) atoms. The standard InChI is InChI=1S/C22H22N4O3S/c1-5-29-21(28)18-13(2)24-22-26(19(18)15-9-7-6-8-10-15)20(27)17(30-22)11-16-12-23-25(4)14(16)3/h6-12,19H,5H2,1-4H3/t19-/m0/s1. The lowest BCUT2D eigenvalue weighted by molar-refractivity contribution is -0.139. The van der Waals surface area contributed by atoms with Gasteiger partial charge < -0.3 is 4.74 Å². The maximum atomic E-state index is 13.4. The van der Waals surface area contributed by atoms with E-state index in [1.165, 1.54) is 11.3 Å². The molecule has 0 radical (unpaired) electrons. The van der Waals surface area contributed by atoms with Gasteiger partial charge in [-0.15, -0.1) is 0 Å². The molecule has 8 heteroatoms. The van der Waals surface area contributed by atoms with Crippen LogP contribution in [-0.4, -0.2) is 26.9 Å². The molecular weight excluding hydrogens is 400 g/mol. The van der Waals surface area contributed by atoms with Crippen molar-refractivity contribution in [1.29, 1.82) is 0 Å². The smallest absolute Gasteiger partial charge is 0.338 e. The van der Waals surface area contributed by atoms with Crippen molar-refractivity contribution in [1.82, 2.24) is 14.3 Å². The molecule has 3 aromatic rings. The zero-order valence-corrected chi connectivity index (χ0v) is 18.1. The molecule has 0 aliphatic carbocycles. The highest BCUT2D eigenvalue weighted by Crippen LogP contribution is 2.30. The van der Waals surface area contributed by atoms with Crippen LogP contribution < -0.4 is 14.9 Å². The van der Waals surface area contributed by atoms with Crippen LogP contribution in [0.4, 0.5) is 0 Å². The highest BCUT2D eigenvalue weighted by molar-refractivity contribution is 7.07. The summed E-state index contributed by atoms with van der Waals surface area (Å²) in [7, 11) is 1.86. The molecule has 4 rings (SSSR count). The summed E-state index contributed by atoms with van der Waals surface area (Å²) < 4.78 is 9.19. The fraction of sp³-hybridized carbons (Fsp3) is 0.273. The Hall–Kier alpha value is -3.26. The number of benzene rings is 1. The van der Waals surface area contributed by atoms with E-state index in [4.69, 9.17) is 4.74 Å². The number of ether oxygens (including phenoxy) is 1. The zero-order valence-electron chi connectivity index (χ0n) is 17.2. The van der Waals surface area contributed by atoms with Gasteiger partial charge in [-0.1, -0.05) is 41.7 Å². The second kappa shape index (κ2) is 7.87. The maximum Gasteiger partial charge on any atom is 0.338 e. The number of aromatic nitrogens is 3. The summed E-state index contributed by atoms with van der Waals surface area (Å²) in [6.45, 7) is 5.74. The highest BCUT2D eigenvalue weighted by Gasteiger charge is 2.33. The lowest BCUT2D eigenvalue weighted by Gasteiger charge is -2.24. The molecule has 1 aliphatic rings. The molecule has 2 aromatic heterocycles. The number of hydrogen-bond donors (Lipinski definition) is 0. The number of hydrogen-bond acceptors (Lipinski definition) is 6. The summed E-state index contributed by atoms with van der Waals surface area (Å²) in [6, 6.07) is 8.92. The van der Waals surface area contributed by atoms with Crippen LogP contribution in [0.1, 0.15) is 36.7 Å². The van der Waals surface area contributed by atoms with E-state index in [1.54, 1.807) is 29.3 Å². The van der Waals surface area contributed by atoms with Crippen LogP contribution in [-0.2, 0) is 16.6 Å². The zero-order chi connectivity index (χ0) is 21.4. The van der Waals surface area contributed by atoms with E-state index in [1.807, 2.05) is 50.4 Å². The van der Waals surface area contributed by atoms with E-state index in [2.05, 4.69) is 10.1 Å². The van der Waals surface area contributed by atoms with E-state index in [0.717, 1.165) is 16.8 Å². The third-order valence-electron chi connectivity index (χ3n) is 5.19. The normalized spacial score (nSPS) is 16.4. The fourth-order valence-electron chi connectivity index (χ4n) is 3.54. The molecule has 1 aromatic carbocycles. The Labute approximate surface area is 177 Å². The first kappa shape index (κ1) is 20.0. The van der Waals surface area contributed by atoms with Gasteiger partial charge in [-0.3, -0.25) is 14.0 Å². The number of aryl methyl sites for hydroxylation is 1. The number of thiazole rings is 1. The number of carbonyl (C=O) groups excluding carboxylic acids is 1. The maximum absolute atomic E-state index is 13.4. The summed E-state index contributed by atoms with van der Waals surface area (Å²) in [5, 5.41) is 4.24. The number of rotatable bonds is 4. The first-order valence-electron chi connectivity index (χ1n) is 9.65. The second-order valence-electron chi connectivity index (χ2n) is 7.02. The molecular formula is C22H22N4O3S. The van der Waals surface area contributed by atoms with Crippen molar-refractivity contribution in [2.24, 2.45) is 12.0 Å². The molecule has 0 unspecified atom stereocenters. The molecule has 3 heterocycles. The van der Waals surface area contributed by atoms with E-state index in [-0.39, 0.29) is 12.2 Å². The van der Waals surface area contributed by atoms with Gasteiger partial charge in [-0.25, -0.2) is 9.79 Å². The van der Waals surface area contributed by atoms with Gasteiger partial charge in [0, 0.05) is 18.3 Å². The Bertz CT molecular complexity index is 1330. The summed E-state index contributed by atoms with van der Waals surface area (Å²) in [5.41, 5.74) is 3.43. The molecule has 0 fully saturated rings. The largest absolute Gasteiger partial charge is 0.463 e. The monoisotopic (exact) mass is 422 g/mol. The van der Waals surface area contributed by atoms with Crippen molar-refractivity contribution < 1.29 is 9.53 Å². The average molecular weight is 423 g/mol. The van der Waals surface area contributed by atoms with Crippen molar-refractivity contribution in [2.75, 3.05) is 6.61 Å². The first-order chi connectivity index (χ1) is 14.4. The highest BCUT2D eigenvalue weighted by atomic mass is 32.1. The van der Waals surface area contributed by atoms with Crippen LogP contribution in [0.2, 0.25) is 0 Å². The number of esters is 1. The Morgan fingerprint density at radius 3 is 2.63 bits per heavy atom. The van der Waals surface area contributed by atoms with Crippen LogP contribution in [0.25, 0.3) is 6.08 Å². The van der Waals surface area contributed by atoms with Gasteiger partial charge in [0.2, 0.25) is 0 Å². The number of carbonyl (C=O) groups is 1. The van der Waals surface area contributed by atoms with E-state index < -0.39 is 12.0 Å². The van der Waals surface area contributed by atoms with Crippen molar-refractivity contribution >= 4 is 23.4 Å². The minimum Gasteiger partial charge on any atom is -0.463 e. The first-order valence-corrected chi connectivity index (χ1v) is 10.5. The molecule has 1 aliphatic heterocycles. The van der Waals surface area contributed by atoms with E-state index in [9.17, 15) is 9.59 Å². The van der Waals surface area contributed by atoms with E-state index in [0.29, 0.717) is 20.6 Å². The topological polar surface area (TPSA) is 78.5 Å². The minimum atomic E-state index is -0.585.